The Balaban J connectivity index is 1.52. The van der Waals surface area contributed by atoms with Crippen LogP contribution in [-0.4, -0.2) is 75.0 Å². The van der Waals surface area contributed by atoms with Gasteiger partial charge in [0.15, 0.2) is 11.7 Å². The largest absolute Gasteiger partial charge is 0.459 e. The molecule has 0 bridgehead atoms. The number of ether oxygens (including phenoxy) is 4. The molecule has 29 heavy (non-hydrogen) atoms. The Kier molecular flexibility index (Phi) is 3.16. The first-order valence-electron chi connectivity index (χ1n) is 9.96. The number of esters is 2. The highest BCUT2D eigenvalue weighted by atomic mass is 32.2. The van der Waals surface area contributed by atoms with E-state index in [1.165, 1.54) is 19.3 Å². The molecule has 6 aliphatic rings. The van der Waals surface area contributed by atoms with Crippen LogP contribution in [0.3, 0.4) is 0 Å². The third-order valence-electron chi connectivity index (χ3n) is 8.11. The summed E-state index contributed by atoms with van der Waals surface area (Å²) in [6.45, 7) is 5.45. The maximum absolute atomic E-state index is 12.9. The molecule has 2 aliphatic carbocycles. The van der Waals surface area contributed by atoms with Crippen LogP contribution in [0.15, 0.2) is 11.6 Å². The van der Waals surface area contributed by atoms with E-state index in [2.05, 4.69) is 0 Å². The molecule has 1 N–H and O–H groups in total. The Morgan fingerprint density at radius 1 is 1.28 bits per heavy atom. The molecule has 0 aromatic rings. The lowest BCUT2D eigenvalue weighted by molar-refractivity contribution is -0.168. The second-order valence-corrected chi connectivity index (χ2v) is 11.6. The van der Waals surface area contributed by atoms with E-state index in [-0.39, 0.29) is 29.8 Å². The Labute approximate surface area is 170 Å². The quantitative estimate of drug-likeness (QED) is 0.491. The zero-order valence-electron chi connectivity index (χ0n) is 16.7. The lowest BCUT2D eigenvalue weighted by atomic mass is 9.47. The molecule has 0 aromatic heterocycles. The average molecular weight is 424 g/mol. The van der Waals surface area contributed by atoms with E-state index in [1.54, 1.807) is 0 Å². The molecule has 5 fully saturated rings. The molecule has 3 saturated heterocycles. The summed E-state index contributed by atoms with van der Waals surface area (Å²) in [5.41, 5.74) is -3.24. The number of hydrogen-bond acceptors (Lipinski definition) is 8. The van der Waals surface area contributed by atoms with E-state index in [0.717, 1.165) is 5.57 Å². The molecule has 4 heterocycles. The molecular weight excluding hydrogens is 400 g/mol. The van der Waals surface area contributed by atoms with Crippen LogP contribution < -0.4 is 0 Å². The molecule has 4 aliphatic heterocycles. The number of fused-ring (bicyclic) bond motifs is 4. The van der Waals surface area contributed by atoms with Crippen LogP contribution >= 0.6 is 0 Å². The fourth-order valence-electron chi connectivity index (χ4n) is 7.20. The Morgan fingerprint density at radius 3 is 2.69 bits per heavy atom. The van der Waals surface area contributed by atoms with Gasteiger partial charge in [-0.1, -0.05) is 6.92 Å². The van der Waals surface area contributed by atoms with Gasteiger partial charge in [-0.15, -0.1) is 0 Å². The Hall–Kier alpha value is -1.29. The summed E-state index contributed by atoms with van der Waals surface area (Å²) in [7, 11) is -1.31. The third kappa shape index (κ3) is 1.94. The van der Waals surface area contributed by atoms with E-state index in [1.807, 2.05) is 13.8 Å². The Bertz CT molecular complexity index is 927. The molecule has 0 radical (unpaired) electrons. The molecule has 0 amide bonds. The number of cyclic esters (lactones) is 1. The highest BCUT2D eigenvalue weighted by Gasteiger charge is 2.87. The summed E-state index contributed by atoms with van der Waals surface area (Å²) >= 11 is 0. The van der Waals surface area contributed by atoms with E-state index < -0.39 is 57.1 Å². The van der Waals surface area contributed by atoms with Crippen molar-refractivity contribution in [3.05, 3.63) is 11.6 Å². The minimum Gasteiger partial charge on any atom is -0.459 e. The first kappa shape index (κ1) is 18.5. The summed E-state index contributed by atoms with van der Waals surface area (Å²) in [5.74, 6) is -1.10. The molecule has 1 spiro atoms. The molecule has 0 aromatic carbocycles. The van der Waals surface area contributed by atoms with Crippen molar-refractivity contribution in [1.29, 1.82) is 0 Å². The standard InChI is InChI=1S/C20H24O8S/c1-17-6-8-13(25-8)19(3)12(17)11(27-16(19)22)14-20(28-14)9(17)5-10(21)26-15(20)18(2,23)7-29(4)24/h5,8,11-15,23H,6-7H2,1-4H3/t8-,11-,12+,13-,14+,15+,17+,18-,19+,20-,29-/m0/s1. The molecule has 0 unspecified atom stereocenters. The average Bonchev–Trinajstić information content (AvgIpc) is 3.48. The lowest BCUT2D eigenvalue weighted by Crippen LogP contribution is -2.65. The van der Waals surface area contributed by atoms with Crippen molar-refractivity contribution in [2.75, 3.05) is 12.0 Å². The van der Waals surface area contributed by atoms with E-state index in [0.29, 0.717) is 6.42 Å². The second kappa shape index (κ2) is 4.95. The van der Waals surface area contributed by atoms with Gasteiger partial charge in [0.05, 0.1) is 11.9 Å². The van der Waals surface area contributed by atoms with Crippen LogP contribution in [0.25, 0.3) is 0 Å². The second-order valence-electron chi connectivity index (χ2n) is 10.1. The van der Waals surface area contributed by atoms with Crippen molar-refractivity contribution in [2.45, 2.75) is 68.9 Å². The maximum Gasteiger partial charge on any atom is 0.331 e. The summed E-state index contributed by atoms with van der Waals surface area (Å²) in [6.07, 6.45) is 1.34. The van der Waals surface area contributed by atoms with Crippen molar-refractivity contribution < 1.29 is 37.9 Å². The van der Waals surface area contributed by atoms with Gasteiger partial charge in [0, 0.05) is 34.5 Å². The zero-order valence-corrected chi connectivity index (χ0v) is 17.5. The minimum absolute atomic E-state index is 0.0633. The minimum atomic E-state index is -1.56. The normalized spacial score (nSPS) is 56.4. The molecular formula is C20H24O8S. The van der Waals surface area contributed by atoms with Gasteiger partial charge < -0.3 is 24.1 Å². The number of epoxide rings is 2. The summed E-state index contributed by atoms with van der Waals surface area (Å²) in [6, 6.07) is 0. The first-order chi connectivity index (χ1) is 13.5. The van der Waals surface area contributed by atoms with Crippen molar-refractivity contribution >= 4 is 22.7 Å². The number of carbonyl (C=O) groups excluding carboxylic acids is 2. The number of hydrogen-bond donors (Lipinski definition) is 1. The van der Waals surface area contributed by atoms with E-state index in [4.69, 9.17) is 18.9 Å². The van der Waals surface area contributed by atoms with Gasteiger partial charge in [0.1, 0.15) is 29.3 Å². The van der Waals surface area contributed by atoms with Gasteiger partial charge in [0.2, 0.25) is 0 Å². The molecule has 11 atom stereocenters. The fraction of sp³-hybridized carbons (Fsp3) is 0.800. The SMILES string of the molecule is C[S@](=O)C[C@](C)(O)[C@H]1OC(=O)C=C2[C@@]13O[C@@H]3[C@H]1OC(=O)[C@@]3(C)[C@H]4O[C@H]4C[C@@]2(C)[C@@H]13. The molecule has 9 heteroatoms. The molecule has 6 rings (SSSR count). The smallest absolute Gasteiger partial charge is 0.331 e. The first-order valence-corrected chi connectivity index (χ1v) is 11.7. The Morgan fingerprint density at radius 2 is 2.00 bits per heavy atom. The topological polar surface area (TPSA) is 115 Å². The maximum atomic E-state index is 12.9. The highest BCUT2D eigenvalue weighted by molar-refractivity contribution is 7.84. The van der Waals surface area contributed by atoms with Crippen LogP contribution in [0.1, 0.15) is 27.2 Å². The summed E-state index contributed by atoms with van der Waals surface area (Å²) in [4.78, 5) is 25.5. The van der Waals surface area contributed by atoms with Crippen LogP contribution in [-0.2, 0) is 39.3 Å². The van der Waals surface area contributed by atoms with E-state index in [9.17, 15) is 18.9 Å². The van der Waals surface area contributed by atoms with Gasteiger partial charge in [0.25, 0.3) is 0 Å². The zero-order chi connectivity index (χ0) is 20.7. The molecule has 2 saturated carbocycles. The van der Waals surface area contributed by atoms with Crippen LogP contribution in [0.4, 0.5) is 0 Å². The van der Waals surface area contributed by atoms with Crippen LogP contribution in [0, 0.1) is 16.7 Å². The van der Waals surface area contributed by atoms with Crippen LogP contribution in [0.2, 0.25) is 0 Å². The van der Waals surface area contributed by atoms with Gasteiger partial charge in [-0.3, -0.25) is 9.00 Å². The van der Waals surface area contributed by atoms with Gasteiger partial charge in [-0.05, 0) is 25.8 Å². The number of carbonyl (C=O) groups is 2. The number of rotatable bonds is 3. The van der Waals surface area contributed by atoms with Crippen molar-refractivity contribution in [3.63, 3.8) is 0 Å². The predicted molar refractivity (Wildman–Crippen MR) is 98.0 cm³/mol. The third-order valence-corrected chi connectivity index (χ3v) is 9.10. The fourth-order valence-corrected chi connectivity index (χ4v) is 8.18. The molecule has 8 nitrogen and oxygen atoms in total. The van der Waals surface area contributed by atoms with Crippen LogP contribution in [0.5, 0.6) is 0 Å². The van der Waals surface area contributed by atoms with Crippen molar-refractivity contribution in [2.24, 2.45) is 16.7 Å². The van der Waals surface area contributed by atoms with Gasteiger partial charge in [-0.25, -0.2) is 4.79 Å². The summed E-state index contributed by atoms with van der Waals surface area (Å²) < 4.78 is 35.4. The van der Waals surface area contributed by atoms with Gasteiger partial charge >= 0.3 is 11.9 Å². The number of aliphatic hydroxyl groups is 1. The predicted octanol–water partition coefficient (Wildman–Crippen LogP) is -0.156. The van der Waals surface area contributed by atoms with E-state index >= 15 is 0 Å². The lowest BCUT2D eigenvalue weighted by Gasteiger charge is -2.53. The van der Waals surface area contributed by atoms with Crippen molar-refractivity contribution in [1.82, 2.24) is 0 Å². The molecule has 158 valence electrons. The summed E-state index contributed by atoms with van der Waals surface area (Å²) in [5, 5.41) is 11.2. The highest BCUT2D eigenvalue weighted by Crippen LogP contribution is 2.75. The van der Waals surface area contributed by atoms with Crippen molar-refractivity contribution in [3.8, 4) is 0 Å². The van der Waals surface area contributed by atoms with Gasteiger partial charge in [-0.2, -0.15) is 0 Å². The monoisotopic (exact) mass is 424 g/mol.